The Morgan fingerprint density at radius 2 is 0.511 bits per heavy atom. The Balaban J connectivity index is 5.23. The van der Waals surface area contributed by atoms with E-state index in [1.807, 2.05) is 0 Å². The molecular formula is C71H138O17P2. The number of esters is 4. The minimum atomic E-state index is -4.95. The van der Waals surface area contributed by atoms with Crippen LogP contribution in [0.15, 0.2) is 0 Å². The molecule has 3 N–H and O–H groups in total. The zero-order valence-electron chi connectivity index (χ0n) is 58.6. The van der Waals surface area contributed by atoms with E-state index in [1.54, 1.807) is 0 Å². The van der Waals surface area contributed by atoms with E-state index in [4.69, 9.17) is 37.0 Å². The predicted molar refractivity (Wildman–Crippen MR) is 363 cm³/mol. The molecule has 90 heavy (non-hydrogen) atoms. The first kappa shape index (κ1) is 88.1. The number of aliphatic hydroxyl groups excluding tert-OH is 1. The van der Waals surface area contributed by atoms with Crippen LogP contribution < -0.4 is 0 Å². The normalized spacial score (nSPS) is 14.2. The fourth-order valence-electron chi connectivity index (χ4n) is 10.7. The van der Waals surface area contributed by atoms with E-state index in [2.05, 4.69) is 48.5 Å². The molecule has 0 spiro atoms. The lowest BCUT2D eigenvalue weighted by atomic mass is 10.0. The second-order valence-electron chi connectivity index (χ2n) is 27.1. The Morgan fingerprint density at radius 3 is 0.756 bits per heavy atom. The molecule has 0 aliphatic heterocycles. The third kappa shape index (κ3) is 64.8. The van der Waals surface area contributed by atoms with Crippen LogP contribution in [0.4, 0.5) is 0 Å². The number of aliphatic hydroxyl groups is 1. The molecule has 0 heterocycles. The average molecular weight is 1330 g/mol. The molecule has 534 valence electrons. The topological polar surface area (TPSA) is 237 Å². The van der Waals surface area contributed by atoms with Crippen LogP contribution in [0.2, 0.25) is 0 Å². The summed E-state index contributed by atoms with van der Waals surface area (Å²) in [5.41, 5.74) is 0. The van der Waals surface area contributed by atoms with Crippen molar-refractivity contribution < 1.29 is 80.2 Å². The molecule has 0 fully saturated rings. The monoisotopic (exact) mass is 1320 g/mol. The van der Waals surface area contributed by atoms with Gasteiger partial charge in [0, 0.05) is 25.7 Å². The van der Waals surface area contributed by atoms with Gasteiger partial charge in [-0.1, -0.05) is 305 Å². The molecule has 0 aliphatic rings. The number of carbonyl (C=O) groups is 4. The van der Waals surface area contributed by atoms with Crippen LogP contribution in [0.3, 0.4) is 0 Å². The summed E-state index contributed by atoms with van der Waals surface area (Å²) in [5.74, 6) is 0.113. The van der Waals surface area contributed by atoms with E-state index in [0.717, 1.165) is 108 Å². The van der Waals surface area contributed by atoms with Gasteiger partial charge >= 0.3 is 39.5 Å². The highest BCUT2D eigenvalue weighted by atomic mass is 31.2. The summed E-state index contributed by atoms with van der Waals surface area (Å²) < 4.78 is 68.3. The molecule has 0 aromatic rings. The summed E-state index contributed by atoms with van der Waals surface area (Å²) in [6.07, 6.45) is 45.8. The van der Waals surface area contributed by atoms with Crippen LogP contribution in [-0.2, 0) is 65.4 Å². The average Bonchev–Trinajstić information content (AvgIpc) is 3.54. The lowest BCUT2D eigenvalue weighted by molar-refractivity contribution is -0.161. The maximum Gasteiger partial charge on any atom is 0.472 e. The maximum atomic E-state index is 13.0. The molecule has 0 aliphatic carbocycles. The minimum absolute atomic E-state index is 0.104. The molecule has 17 nitrogen and oxygen atoms in total. The molecular weight excluding hydrogens is 1190 g/mol. The van der Waals surface area contributed by atoms with Crippen molar-refractivity contribution in [1.82, 2.24) is 0 Å². The number of phosphoric ester groups is 2. The lowest BCUT2D eigenvalue weighted by Gasteiger charge is -2.21. The van der Waals surface area contributed by atoms with Crippen molar-refractivity contribution in [3.05, 3.63) is 0 Å². The van der Waals surface area contributed by atoms with Gasteiger partial charge in [0.2, 0.25) is 0 Å². The highest BCUT2D eigenvalue weighted by Gasteiger charge is 2.30. The van der Waals surface area contributed by atoms with Gasteiger partial charge in [-0.2, -0.15) is 0 Å². The van der Waals surface area contributed by atoms with Gasteiger partial charge in [0.05, 0.1) is 26.4 Å². The highest BCUT2D eigenvalue weighted by Crippen LogP contribution is 2.45. The summed E-state index contributed by atoms with van der Waals surface area (Å²) in [6, 6.07) is 0. The molecule has 0 bridgehead atoms. The van der Waals surface area contributed by atoms with Gasteiger partial charge in [0.15, 0.2) is 12.2 Å². The Labute approximate surface area is 549 Å². The van der Waals surface area contributed by atoms with Crippen molar-refractivity contribution >= 4 is 39.5 Å². The number of hydrogen-bond acceptors (Lipinski definition) is 15. The van der Waals surface area contributed by atoms with Crippen molar-refractivity contribution in [2.24, 2.45) is 17.8 Å². The first-order chi connectivity index (χ1) is 43.2. The SMILES string of the molecule is CCCCCCCCCCCCCC(=O)OC[C@H](COP(=O)(O)OC[C@H](O)COP(=O)(O)OC[C@@H](COC(=O)CCCCCCCCCCC(C)C)OC(=O)CCCCCCCCCCCCCCCCC(C)C)OC(=O)CCCCCCCCCCC(C)C. The zero-order chi connectivity index (χ0) is 66.6. The van der Waals surface area contributed by atoms with Gasteiger partial charge in [0.25, 0.3) is 0 Å². The Kier molecular flexibility index (Phi) is 60.6. The van der Waals surface area contributed by atoms with Crippen molar-refractivity contribution in [3.63, 3.8) is 0 Å². The third-order valence-corrected chi connectivity index (χ3v) is 18.3. The van der Waals surface area contributed by atoms with Crippen molar-refractivity contribution in [2.75, 3.05) is 39.6 Å². The molecule has 0 radical (unpaired) electrons. The van der Waals surface area contributed by atoms with Gasteiger partial charge in [-0.05, 0) is 43.4 Å². The van der Waals surface area contributed by atoms with Crippen LogP contribution in [0.25, 0.3) is 0 Å². The Hall–Kier alpha value is -1.94. The predicted octanol–water partition coefficient (Wildman–Crippen LogP) is 20.2. The number of hydrogen-bond donors (Lipinski definition) is 3. The molecule has 5 atom stereocenters. The van der Waals surface area contributed by atoms with Crippen LogP contribution in [-0.4, -0.2) is 96.7 Å². The van der Waals surface area contributed by atoms with E-state index in [-0.39, 0.29) is 25.7 Å². The zero-order valence-corrected chi connectivity index (χ0v) is 60.4. The number of ether oxygens (including phenoxy) is 4. The van der Waals surface area contributed by atoms with Crippen LogP contribution in [0.1, 0.15) is 357 Å². The number of rotatable bonds is 69. The molecule has 0 rings (SSSR count). The van der Waals surface area contributed by atoms with Gasteiger partial charge in [-0.3, -0.25) is 37.3 Å². The summed E-state index contributed by atoms with van der Waals surface area (Å²) in [7, 11) is -9.90. The highest BCUT2D eigenvalue weighted by molar-refractivity contribution is 7.47. The molecule has 0 aromatic carbocycles. The van der Waals surface area contributed by atoms with Crippen LogP contribution >= 0.6 is 15.6 Å². The van der Waals surface area contributed by atoms with E-state index in [9.17, 15) is 43.2 Å². The first-order valence-electron chi connectivity index (χ1n) is 36.8. The Morgan fingerprint density at radius 1 is 0.300 bits per heavy atom. The lowest BCUT2D eigenvalue weighted by Crippen LogP contribution is -2.30. The summed E-state index contributed by atoms with van der Waals surface area (Å²) in [4.78, 5) is 72.6. The molecule has 0 amide bonds. The first-order valence-corrected chi connectivity index (χ1v) is 39.8. The number of phosphoric acid groups is 2. The minimum Gasteiger partial charge on any atom is -0.462 e. The molecule has 2 unspecified atom stereocenters. The van der Waals surface area contributed by atoms with Gasteiger partial charge in [-0.25, -0.2) is 9.13 Å². The van der Waals surface area contributed by atoms with Gasteiger partial charge in [0.1, 0.15) is 19.3 Å². The van der Waals surface area contributed by atoms with E-state index in [1.165, 1.54) is 167 Å². The van der Waals surface area contributed by atoms with Crippen molar-refractivity contribution in [2.45, 2.75) is 375 Å². The second kappa shape index (κ2) is 61.9. The van der Waals surface area contributed by atoms with Gasteiger partial charge < -0.3 is 33.8 Å². The maximum absolute atomic E-state index is 13.0. The van der Waals surface area contributed by atoms with Gasteiger partial charge in [-0.15, -0.1) is 0 Å². The fraction of sp³-hybridized carbons (Fsp3) is 0.944. The summed E-state index contributed by atoms with van der Waals surface area (Å²) in [5, 5.41) is 10.6. The molecule has 0 saturated carbocycles. The Bertz CT molecular complexity index is 1770. The third-order valence-electron chi connectivity index (χ3n) is 16.4. The van der Waals surface area contributed by atoms with E-state index in [0.29, 0.717) is 25.7 Å². The standard InChI is InChI=1S/C71H138O17P2/c1-8-9-10-11-12-13-18-22-31-38-45-52-68(73)81-58-67(88-71(76)55-48-41-34-27-25-30-37-44-51-64(6)7)61-86-90(79,80)84-57-65(72)56-83-89(77,78)85-60-66(59-82-69(74)53-46-39-32-26-24-29-36-43-50-63(4)5)87-70(75)54-47-40-33-23-20-17-15-14-16-19-21-28-35-42-49-62(2)3/h62-67,72H,8-61H2,1-7H3,(H,77,78)(H,79,80)/t65-,66-,67-/m1/s1. The second-order valence-corrected chi connectivity index (χ2v) is 30.0. The largest absolute Gasteiger partial charge is 0.472 e. The van der Waals surface area contributed by atoms with E-state index >= 15 is 0 Å². The summed E-state index contributed by atoms with van der Waals surface area (Å²) >= 11 is 0. The van der Waals surface area contributed by atoms with Crippen LogP contribution in [0, 0.1) is 17.8 Å². The fourth-order valence-corrected chi connectivity index (χ4v) is 12.3. The molecule has 19 heteroatoms. The quantitative estimate of drug-likeness (QED) is 0.0222. The van der Waals surface area contributed by atoms with Crippen molar-refractivity contribution in [1.29, 1.82) is 0 Å². The van der Waals surface area contributed by atoms with E-state index < -0.39 is 97.5 Å². The molecule has 0 saturated heterocycles. The number of unbranched alkanes of at least 4 members (excludes halogenated alkanes) is 37. The number of carbonyl (C=O) groups excluding carboxylic acids is 4. The van der Waals surface area contributed by atoms with Crippen molar-refractivity contribution in [3.8, 4) is 0 Å². The van der Waals surface area contributed by atoms with Crippen LogP contribution in [0.5, 0.6) is 0 Å². The molecule has 0 aromatic heterocycles. The summed E-state index contributed by atoms with van der Waals surface area (Å²) in [6.45, 7) is 11.8. The smallest absolute Gasteiger partial charge is 0.462 e.